The number of carbonyl (C=O) groups is 1. The highest BCUT2D eigenvalue weighted by atomic mass is 16.3. The number of likely N-dealkylation sites (tertiary alicyclic amines) is 1. The summed E-state index contributed by atoms with van der Waals surface area (Å²) in [7, 11) is 0. The van der Waals surface area contributed by atoms with E-state index in [-0.39, 0.29) is 24.1 Å². The summed E-state index contributed by atoms with van der Waals surface area (Å²) in [5.41, 5.74) is 1.15. The smallest absolute Gasteiger partial charge is 0.237 e. The molecule has 4 heteroatoms. The monoisotopic (exact) mass is 318 g/mol. The first-order chi connectivity index (χ1) is 11.0. The van der Waals surface area contributed by atoms with Crippen molar-refractivity contribution in [2.45, 2.75) is 64.8 Å². The second-order valence-electron chi connectivity index (χ2n) is 6.88. The van der Waals surface area contributed by atoms with Gasteiger partial charge in [0.05, 0.1) is 12.6 Å². The number of hydrogen-bond acceptors (Lipinski definition) is 3. The fourth-order valence-corrected chi connectivity index (χ4v) is 3.36. The molecule has 1 aliphatic heterocycles. The van der Waals surface area contributed by atoms with Gasteiger partial charge in [0.25, 0.3) is 0 Å². The molecule has 1 saturated heterocycles. The number of aliphatic hydroxyl groups excluding tert-OH is 1. The summed E-state index contributed by atoms with van der Waals surface area (Å²) >= 11 is 0. The minimum absolute atomic E-state index is 0.110. The number of benzene rings is 1. The van der Waals surface area contributed by atoms with Gasteiger partial charge in [0.1, 0.15) is 0 Å². The fourth-order valence-electron chi connectivity index (χ4n) is 3.36. The van der Waals surface area contributed by atoms with Crippen molar-refractivity contribution in [1.82, 2.24) is 9.80 Å². The molecule has 1 heterocycles. The molecule has 1 N–H and O–H groups in total. The van der Waals surface area contributed by atoms with Crippen LogP contribution in [0.1, 0.15) is 45.6 Å². The van der Waals surface area contributed by atoms with Gasteiger partial charge in [0.15, 0.2) is 0 Å². The highest BCUT2D eigenvalue weighted by molar-refractivity contribution is 5.78. The molecule has 1 aromatic rings. The lowest BCUT2D eigenvalue weighted by atomic mass is 9.98. The molecule has 1 aromatic carbocycles. The number of carbonyl (C=O) groups excluding carboxylic acids is 1. The maximum atomic E-state index is 12.8. The van der Waals surface area contributed by atoms with E-state index in [1.807, 2.05) is 30.0 Å². The van der Waals surface area contributed by atoms with E-state index in [1.165, 1.54) is 0 Å². The van der Waals surface area contributed by atoms with Crippen LogP contribution in [0.15, 0.2) is 30.3 Å². The molecule has 0 aromatic heterocycles. The molecule has 128 valence electrons. The molecular weight excluding hydrogens is 288 g/mol. The third-order valence-corrected chi connectivity index (χ3v) is 4.70. The summed E-state index contributed by atoms with van der Waals surface area (Å²) in [6, 6.07) is 10.4. The number of piperidine rings is 1. The molecule has 4 nitrogen and oxygen atoms in total. The van der Waals surface area contributed by atoms with Crippen molar-refractivity contribution in [2.75, 3.05) is 13.1 Å². The van der Waals surface area contributed by atoms with Crippen LogP contribution in [-0.2, 0) is 11.3 Å². The van der Waals surface area contributed by atoms with Crippen molar-refractivity contribution in [3.63, 3.8) is 0 Å². The Morgan fingerprint density at radius 1 is 1.26 bits per heavy atom. The summed E-state index contributed by atoms with van der Waals surface area (Å²) in [4.78, 5) is 16.9. The molecule has 23 heavy (non-hydrogen) atoms. The van der Waals surface area contributed by atoms with Gasteiger partial charge in [-0.15, -0.1) is 0 Å². The van der Waals surface area contributed by atoms with Gasteiger partial charge < -0.3 is 10.0 Å². The van der Waals surface area contributed by atoms with Crippen LogP contribution in [0.2, 0.25) is 0 Å². The average Bonchev–Trinajstić information content (AvgIpc) is 2.53. The second-order valence-corrected chi connectivity index (χ2v) is 6.88. The van der Waals surface area contributed by atoms with Crippen molar-refractivity contribution in [3.8, 4) is 0 Å². The molecule has 0 spiro atoms. The van der Waals surface area contributed by atoms with Gasteiger partial charge in [-0.05, 0) is 45.7 Å². The van der Waals surface area contributed by atoms with E-state index in [0.29, 0.717) is 13.1 Å². The van der Waals surface area contributed by atoms with Gasteiger partial charge in [-0.2, -0.15) is 0 Å². The summed E-state index contributed by atoms with van der Waals surface area (Å²) in [5, 5.41) is 9.98. The van der Waals surface area contributed by atoms with Crippen LogP contribution >= 0.6 is 0 Å². The Hall–Kier alpha value is -1.39. The number of nitrogens with zero attached hydrogens (tertiary/aromatic N) is 2. The fraction of sp³-hybridized carbons (Fsp3) is 0.632. The third-order valence-electron chi connectivity index (χ3n) is 4.70. The van der Waals surface area contributed by atoms with Crippen molar-refractivity contribution in [3.05, 3.63) is 35.9 Å². The van der Waals surface area contributed by atoms with E-state index >= 15 is 0 Å². The summed E-state index contributed by atoms with van der Waals surface area (Å²) in [6.45, 7) is 7.90. The van der Waals surface area contributed by atoms with Crippen LogP contribution in [0.5, 0.6) is 0 Å². The highest BCUT2D eigenvalue weighted by Crippen LogP contribution is 2.20. The van der Waals surface area contributed by atoms with Crippen LogP contribution in [0.4, 0.5) is 0 Å². The number of aliphatic hydroxyl groups is 1. The topological polar surface area (TPSA) is 43.8 Å². The Labute approximate surface area is 140 Å². The zero-order valence-corrected chi connectivity index (χ0v) is 14.6. The molecule has 0 saturated carbocycles. The van der Waals surface area contributed by atoms with Gasteiger partial charge in [0.2, 0.25) is 5.91 Å². The van der Waals surface area contributed by atoms with Crippen LogP contribution in [-0.4, -0.2) is 52.1 Å². The Morgan fingerprint density at radius 3 is 2.57 bits per heavy atom. The Bertz CT molecular complexity index is 487. The molecule has 2 atom stereocenters. The zero-order valence-electron chi connectivity index (χ0n) is 14.6. The standard InChI is InChI=1S/C19H30N2O2/c1-15(2)21(13-17-9-5-4-6-10-17)19(23)14-20-12-8-7-11-18(20)16(3)22/h4-6,9-10,15-16,18,22H,7-8,11-14H2,1-3H3. The Kier molecular flexibility index (Phi) is 6.60. The van der Waals surface area contributed by atoms with E-state index in [4.69, 9.17) is 0 Å². The highest BCUT2D eigenvalue weighted by Gasteiger charge is 2.29. The predicted octanol–water partition coefficient (Wildman–Crippen LogP) is 2.66. The lowest BCUT2D eigenvalue weighted by Gasteiger charge is -2.38. The van der Waals surface area contributed by atoms with E-state index in [0.717, 1.165) is 31.4 Å². The first-order valence-electron chi connectivity index (χ1n) is 8.74. The minimum Gasteiger partial charge on any atom is -0.392 e. The predicted molar refractivity (Wildman–Crippen MR) is 93.0 cm³/mol. The number of hydrogen-bond donors (Lipinski definition) is 1. The molecule has 1 fully saturated rings. The van der Waals surface area contributed by atoms with E-state index < -0.39 is 0 Å². The average molecular weight is 318 g/mol. The van der Waals surface area contributed by atoms with Gasteiger partial charge in [-0.3, -0.25) is 9.69 Å². The van der Waals surface area contributed by atoms with E-state index in [9.17, 15) is 9.90 Å². The quantitative estimate of drug-likeness (QED) is 0.877. The molecule has 2 rings (SSSR count). The minimum atomic E-state index is -0.385. The number of rotatable bonds is 6. The third kappa shape index (κ3) is 5.05. The second kappa shape index (κ2) is 8.46. The van der Waals surface area contributed by atoms with Crippen LogP contribution in [0.3, 0.4) is 0 Å². The van der Waals surface area contributed by atoms with Crippen LogP contribution in [0.25, 0.3) is 0 Å². The van der Waals surface area contributed by atoms with Gasteiger partial charge in [0, 0.05) is 18.6 Å². The molecule has 2 unspecified atom stereocenters. The summed E-state index contributed by atoms with van der Waals surface area (Å²) in [5.74, 6) is 0.149. The van der Waals surface area contributed by atoms with E-state index in [1.54, 1.807) is 0 Å². The van der Waals surface area contributed by atoms with E-state index in [2.05, 4.69) is 30.9 Å². The Balaban J connectivity index is 2.02. The number of amides is 1. The largest absolute Gasteiger partial charge is 0.392 e. The molecule has 1 amide bonds. The SMILES string of the molecule is CC(O)C1CCCCN1CC(=O)N(Cc1ccccc1)C(C)C. The van der Waals surface area contributed by atoms with Gasteiger partial charge in [-0.25, -0.2) is 0 Å². The van der Waals surface area contributed by atoms with Crippen molar-refractivity contribution in [2.24, 2.45) is 0 Å². The van der Waals surface area contributed by atoms with Crippen molar-refractivity contribution >= 4 is 5.91 Å². The maximum absolute atomic E-state index is 12.8. The molecule has 0 radical (unpaired) electrons. The summed E-state index contributed by atoms with van der Waals surface area (Å²) in [6.07, 6.45) is 2.84. The Morgan fingerprint density at radius 2 is 1.96 bits per heavy atom. The molecule has 0 bridgehead atoms. The normalized spacial score (nSPS) is 20.5. The van der Waals surface area contributed by atoms with Crippen molar-refractivity contribution < 1.29 is 9.90 Å². The molecular formula is C19H30N2O2. The zero-order chi connectivity index (χ0) is 16.8. The van der Waals surface area contributed by atoms with Crippen molar-refractivity contribution in [1.29, 1.82) is 0 Å². The first kappa shape index (κ1) is 18.0. The van der Waals surface area contributed by atoms with Gasteiger partial charge in [-0.1, -0.05) is 36.8 Å². The van der Waals surface area contributed by atoms with Crippen LogP contribution < -0.4 is 0 Å². The van der Waals surface area contributed by atoms with Crippen LogP contribution in [0, 0.1) is 0 Å². The lowest BCUT2D eigenvalue weighted by Crippen LogP contribution is -2.51. The molecule has 1 aliphatic rings. The summed E-state index contributed by atoms with van der Waals surface area (Å²) < 4.78 is 0. The lowest BCUT2D eigenvalue weighted by molar-refractivity contribution is -0.136. The maximum Gasteiger partial charge on any atom is 0.237 e. The van der Waals surface area contributed by atoms with Gasteiger partial charge >= 0.3 is 0 Å². The first-order valence-corrected chi connectivity index (χ1v) is 8.74. The molecule has 0 aliphatic carbocycles.